The van der Waals surface area contributed by atoms with E-state index >= 15 is 0 Å². The van der Waals surface area contributed by atoms with Crippen molar-refractivity contribution in [3.05, 3.63) is 0 Å². The molecule has 0 aromatic rings. The third-order valence-electron chi connectivity index (χ3n) is 5.37. The molecule has 1 aliphatic heterocycles. The summed E-state index contributed by atoms with van der Waals surface area (Å²) in [4.78, 5) is 13.3. The van der Waals surface area contributed by atoms with Gasteiger partial charge in [-0.25, -0.2) is 0 Å². The first-order chi connectivity index (χ1) is 11.3. The standard InChI is InChI=1S/C17H34BrNO5Si/c1-17(2,3)25(7,8)23-10-12-11(9-13(20)19(4)5)15(21)14(18)16(22-6)24-12/h11-12,14-16,21H,9-10H2,1-8H3/t11-,12-,14+,15-,16+/m1/s1. The van der Waals surface area contributed by atoms with Crippen LogP contribution in [0.5, 0.6) is 0 Å². The first-order valence-electron chi connectivity index (χ1n) is 8.66. The van der Waals surface area contributed by atoms with Crippen LogP contribution in [0, 0.1) is 5.92 Å². The maximum absolute atomic E-state index is 12.2. The molecule has 0 aliphatic carbocycles. The number of methoxy groups -OCH3 is 1. The van der Waals surface area contributed by atoms with E-state index < -0.39 is 26.8 Å². The molecule has 0 aromatic heterocycles. The molecular weight excluding hydrogens is 406 g/mol. The van der Waals surface area contributed by atoms with Gasteiger partial charge in [0.25, 0.3) is 0 Å². The van der Waals surface area contributed by atoms with Crippen LogP contribution in [0.2, 0.25) is 18.1 Å². The molecule has 0 unspecified atom stereocenters. The molecule has 5 atom stereocenters. The predicted molar refractivity (Wildman–Crippen MR) is 104 cm³/mol. The van der Waals surface area contributed by atoms with Crippen molar-refractivity contribution in [2.75, 3.05) is 27.8 Å². The maximum Gasteiger partial charge on any atom is 0.222 e. The van der Waals surface area contributed by atoms with E-state index in [1.165, 1.54) is 4.90 Å². The average Bonchev–Trinajstić information content (AvgIpc) is 2.49. The minimum atomic E-state index is -1.96. The number of alkyl halides is 1. The van der Waals surface area contributed by atoms with Gasteiger partial charge in [-0.2, -0.15) is 0 Å². The molecule has 6 nitrogen and oxygen atoms in total. The second kappa shape index (κ2) is 8.80. The van der Waals surface area contributed by atoms with E-state index in [4.69, 9.17) is 13.9 Å². The Morgan fingerprint density at radius 1 is 1.32 bits per heavy atom. The molecule has 148 valence electrons. The fraction of sp³-hybridized carbons (Fsp3) is 0.941. The monoisotopic (exact) mass is 439 g/mol. The van der Waals surface area contributed by atoms with Crippen molar-refractivity contribution >= 4 is 30.2 Å². The zero-order valence-corrected chi connectivity index (χ0v) is 19.3. The number of carbonyl (C=O) groups excluding carboxylic acids is 1. The van der Waals surface area contributed by atoms with E-state index in [2.05, 4.69) is 49.8 Å². The van der Waals surface area contributed by atoms with Gasteiger partial charge in [0.05, 0.1) is 23.6 Å². The van der Waals surface area contributed by atoms with Crippen LogP contribution in [-0.4, -0.2) is 75.4 Å². The summed E-state index contributed by atoms with van der Waals surface area (Å²) in [5.74, 6) is -0.393. The molecule has 25 heavy (non-hydrogen) atoms. The summed E-state index contributed by atoms with van der Waals surface area (Å²) in [6.07, 6.45) is -1.52. The highest BCUT2D eigenvalue weighted by Gasteiger charge is 2.46. The minimum Gasteiger partial charge on any atom is -0.414 e. The fourth-order valence-electron chi connectivity index (χ4n) is 2.46. The van der Waals surface area contributed by atoms with Crippen molar-refractivity contribution in [3.63, 3.8) is 0 Å². The third kappa shape index (κ3) is 5.74. The lowest BCUT2D eigenvalue weighted by Gasteiger charge is -2.44. The lowest BCUT2D eigenvalue weighted by Crippen LogP contribution is -2.56. The molecule has 1 saturated heterocycles. The van der Waals surface area contributed by atoms with Crippen molar-refractivity contribution in [1.29, 1.82) is 0 Å². The number of hydrogen-bond donors (Lipinski definition) is 1. The molecule has 0 bridgehead atoms. The van der Waals surface area contributed by atoms with Gasteiger partial charge >= 0.3 is 0 Å². The quantitative estimate of drug-likeness (QED) is 0.508. The van der Waals surface area contributed by atoms with Gasteiger partial charge < -0.3 is 23.9 Å². The summed E-state index contributed by atoms with van der Waals surface area (Å²) in [5.41, 5.74) is 0. The van der Waals surface area contributed by atoms with E-state index in [9.17, 15) is 9.90 Å². The molecule has 0 radical (unpaired) electrons. The summed E-state index contributed by atoms with van der Waals surface area (Å²) >= 11 is 3.44. The van der Waals surface area contributed by atoms with Crippen LogP contribution in [0.3, 0.4) is 0 Å². The van der Waals surface area contributed by atoms with Crippen molar-refractivity contribution in [2.45, 2.75) is 68.6 Å². The average molecular weight is 440 g/mol. The van der Waals surface area contributed by atoms with E-state index in [1.807, 2.05) is 0 Å². The van der Waals surface area contributed by atoms with Crippen LogP contribution in [0.25, 0.3) is 0 Å². The lowest BCUT2D eigenvalue weighted by atomic mass is 9.87. The van der Waals surface area contributed by atoms with Gasteiger partial charge in [-0.15, -0.1) is 0 Å². The van der Waals surface area contributed by atoms with Crippen LogP contribution in [0.1, 0.15) is 27.2 Å². The normalized spacial score (nSPS) is 31.0. The molecule has 0 aromatic carbocycles. The largest absolute Gasteiger partial charge is 0.414 e. The second-order valence-electron chi connectivity index (χ2n) is 8.44. The van der Waals surface area contributed by atoms with Gasteiger partial charge in [0, 0.05) is 33.5 Å². The Kier molecular flexibility index (Phi) is 8.11. The van der Waals surface area contributed by atoms with Gasteiger partial charge in [0.15, 0.2) is 14.6 Å². The van der Waals surface area contributed by atoms with E-state index in [1.54, 1.807) is 21.2 Å². The molecule has 1 amide bonds. The summed E-state index contributed by atoms with van der Waals surface area (Å²) in [6.45, 7) is 11.2. The summed E-state index contributed by atoms with van der Waals surface area (Å²) in [5, 5.41) is 10.8. The Balaban J connectivity index is 2.94. The zero-order chi connectivity index (χ0) is 19.6. The van der Waals surface area contributed by atoms with Crippen LogP contribution >= 0.6 is 15.9 Å². The predicted octanol–water partition coefficient (Wildman–Crippen LogP) is 2.60. The van der Waals surface area contributed by atoms with Crippen molar-refractivity contribution in [2.24, 2.45) is 5.92 Å². The molecule has 1 N–H and O–H groups in total. The third-order valence-corrected chi connectivity index (χ3v) is 10.8. The molecule has 1 heterocycles. The molecule has 1 fully saturated rings. The Labute approximate surface area is 161 Å². The highest BCUT2D eigenvalue weighted by Crippen LogP contribution is 2.38. The van der Waals surface area contributed by atoms with Gasteiger partial charge in [-0.1, -0.05) is 36.7 Å². The van der Waals surface area contributed by atoms with Gasteiger partial charge in [0.1, 0.15) is 0 Å². The summed E-state index contributed by atoms with van der Waals surface area (Å²) in [6, 6.07) is 0. The molecule has 1 aliphatic rings. The Hall–Kier alpha value is 0.00688. The van der Waals surface area contributed by atoms with E-state index in [0.29, 0.717) is 6.61 Å². The minimum absolute atomic E-state index is 0.0412. The van der Waals surface area contributed by atoms with Crippen LogP contribution in [0.4, 0.5) is 0 Å². The number of aliphatic hydroxyl groups excluding tert-OH is 1. The Morgan fingerprint density at radius 2 is 1.88 bits per heavy atom. The van der Waals surface area contributed by atoms with Gasteiger partial charge in [-0.05, 0) is 18.1 Å². The number of aliphatic hydroxyl groups is 1. The Morgan fingerprint density at radius 3 is 2.32 bits per heavy atom. The molecule has 8 heteroatoms. The highest BCUT2D eigenvalue weighted by molar-refractivity contribution is 9.09. The molecule has 1 rings (SSSR count). The molecule has 0 spiro atoms. The summed E-state index contributed by atoms with van der Waals surface area (Å²) < 4.78 is 17.6. The molecule has 0 saturated carbocycles. The van der Waals surface area contributed by atoms with Crippen LogP contribution in [-0.2, 0) is 18.7 Å². The van der Waals surface area contributed by atoms with E-state index in [0.717, 1.165) is 0 Å². The number of hydrogen-bond acceptors (Lipinski definition) is 5. The number of nitrogens with zero attached hydrogens (tertiary/aromatic N) is 1. The Bertz CT molecular complexity index is 455. The van der Waals surface area contributed by atoms with Crippen molar-refractivity contribution < 1.29 is 23.8 Å². The number of carbonyl (C=O) groups is 1. The van der Waals surface area contributed by atoms with Gasteiger partial charge in [-0.3, -0.25) is 4.79 Å². The SMILES string of the molecule is CO[C@H]1O[C@H](CO[Si](C)(C)C(C)(C)C)[C@@H](CC(=O)N(C)C)[C@@H](O)[C@@H]1Br. The number of amides is 1. The zero-order valence-electron chi connectivity index (χ0n) is 16.7. The first kappa shape index (κ1) is 23.0. The molecular formula is C17H34BrNO5Si. The van der Waals surface area contributed by atoms with Crippen molar-refractivity contribution in [3.8, 4) is 0 Å². The lowest BCUT2D eigenvalue weighted by molar-refractivity contribution is -0.227. The van der Waals surface area contributed by atoms with Crippen LogP contribution < -0.4 is 0 Å². The van der Waals surface area contributed by atoms with Crippen molar-refractivity contribution in [1.82, 2.24) is 4.90 Å². The second-order valence-corrected chi connectivity index (χ2v) is 14.3. The highest BCUT2D eigenvalue weighted by atomic mass is 79.9. The number of rotatable bonds is 6. The fourth-order valence-corrected chi connectivity index (χ4v) is 4.20. The van der Waals surface area contributed by atoms with E-state index in [-0.39, 0.29) is 28.1 Å². The first-order valence-corrected chi connectivity index (χ1v) is 12.5. The van der Waals surface area contributed by atoms with Gasteiger partial charge in [0.2, 0.25) is 5.91 Å². The number of ether oxygens (including phenoxy) is 2. The number of halogens is 1. The summed E-state index contributed by atoms with van der Waals surface area (Å²) in [7, 11) is 3.01. The van der Waals surface area contributed by atoms with Crippen LogP contribution in [0.15, 0.2) is 0 Å². The smallest absolute Gasteiger partial charge is 0.222 e. The maximum atomic E-state index is 12.2. The topological polar surface area (TPSA) is 68.2 Å².